The number of nitrogens with zero attached hydrogens (tertiary/aromatic N) is 3. The SMILES string of the molecule is CCOC(=O)[C@@H]1C(=O)N(CCOC)c2nc3ccccc3n2[C@H]1[C@@H]1CC=CCC1. The maximum atomic E-state index is 13.5. The molecular weight excluding hydrogens is 370 g/mol. The fourth-order valence-corrected chi connectivity index (χ4v) is 4.55. The molecule has 3 atom stereocenters. The number of imidazole rings is 1. The number of allylic oxidation sites excluding steroid dienone is 2. The minimum Gasteiger partial charge on any atom is -0.465 e. The Kier molecular flexibility index (Phi) is 5.67. The summed E-state index contributed by atoms with van der Waals surface area (Å²) in [4.78, 5) is 32.9. The van der Waals surface area contributed by atoms with Gasteiger partial charge in [-0.05, 0) is 44.2 Å². The van der Waals surface area contributed by atoms with E-state index in [4.69, 9.17) is 14.5 Å². The third kappa shape index (κ3) is 3.44. The van der Waals surface area contributed by atoms with Gasteiger partial charge in [-0.3, -0.25) is 14.5 Å². The standard InChI is InChI=1S/C22H27N3O4/c1-3-29-21(27)18-19(15-9-5-4-6-10-15)25-17-12-8-7-11-16(17)23-22(25)24(20(18)26)13-14-28-2/h4-5,7-8,11-12,15,18-19H,3,6,9-10,13-14H2,1-2H3/t15-,18+,19+/m1/s1. The molecule has 0 saturated carbocycles. The summed E-state index contributed by atoms with van der Waals surface area (Å²) in [5.41, 5.74) is 1.75. The quantitative estimate of drug-likeness (QED) is 0.425. The van der Waals surface area contributed by atoms with Crippen LogP contribution in [0.3, 0.4) is 0 Å². The molecule has 7 nitrogen and oxygen atoms in total. The molecule has 154 valence electrons. The first-order chi connectivity index (χ1) is 14.2. The number of hydrogen-bond donors (Lipinski definition) is 0. The fourth-order valence-electron chi connectivity index (χ4n) is 4.55. The summed E-state index contributed by atoms with van der Waals surface area (Å²) in [6.07, 6.45) is 7.02. The number of amides is 1. The van der Waals surface area contributed by atoms with E-state index >= 15 is 0 Å². The lowest BCUT2D eigenvalue weighted by molar-refractivity contribution is -0.155. The van der Waals surface area contributed by atoms with E-state index in [1.165, 1.54) is 0 Å². The summed E-state index contributed by atoms with van der Waals surface area (Å²) in [5.74, 6) is -0.827. The van der Waals surface area contributed by atoms with Crippen molar-refractivity contribution in [3.63, 3.8) is 0 Å². The van der Waals surface area contributed by atoms with Gasteiger partial charge in [-0.15, -0.1) is 0 Å². The van der Waals surface area contributed by atoms with E-state index in [9.17, 15) is 9.59 Å². The maximum absolute atomic E-state index is 13.5. The number of hydrogen-bond acceptors (Lipinski definition) is 5. The molecule has 0 N–H and O–H groups in total. The highest BCUT2D eigenvalue weighted by Crippen LogP contribution is 2.44. The van der Waals surface area contributed by atoms with E-state index in [2.05, 4.69) is 16.7 Å². The highest BCUT2D eigenvalue weighted by Gasteiger charge is 2.49. The van der Waals surface area contributed by atoms with Gasteiger partial charge in [0.25, 0.3) is 0 Å². The van der Waals surface area contributed by atoms with Crippen LogP contribution in [0.1, 0.15) is 32.2 Å². The smallest absolute Gasteiger partial charge is 0.320 e. The molecule has 0 unspecified atom stereocenters. The van der Waals surface area contributed by atoms with Crippen molar-refractivity contribution in [1.82, 2.24) is 9.55 Å². The number of fused-ring (bicyclic) bond motifs is 3. The third-order valence-electron chi connectivity index (χ3n) is 5.84. The van der Waals surface area contributed by atoms with Crippen molar-refractivity contribution < 1.29 is 19.1 Å². The second-order valence-corrected chi connectivity index (χ2v) is 7.52. The van der Waals surface area contributed by atoms with Gasteiger partial charge in [-0.25, -0.2) is 4.98 Å². The van der Waals surface area contributed by atoms with Crippen LogP contribution in [0.25, 0.3) is 11.0 Å². The zero-order valence-electron chi connectivity index (χ0n) is 16.9. The molecule has 0 fully saturated rings. The van der Waals surface area contributed by atoms with E-state index in [-0.39, 0.29) is 24.5 Å². The van der Waals surface area contributed by atoms with Crippen LogP contribution in [-0.4, -0.2) is 48.3 Å². The van der Waals surface area contributed by atoms with Gasteiger partial charge < -0.3 is 14.0 Å². The highest BCUT2D eigenvalue weighted by atomic mass is 16.5. The second-order valence-electron chi connectivity index (χ2n) is 7.52. The molecule has 1 aromatic carbocycles. The van der Waals surface area contributed by atoms with E-state index in [1.54, 1.807) is 18.9 Å². The largest absolute Gasteiger partial charge is 0.465 e. The summed E-state index contributed by atoms with van der Waals surface area (Å²) in [5, 5.41) is 0. The third-order valence-corrected chi connectivity index (χ3v) is 5.84. The average Bonchev–Trinajstić information content (AvgIpc) is 3.12. The maximum Gasteiger partial charge on any atom is 0.320 e. The minimum atomic E-state index is -0.881. The Hall–Kier alpha value is -2.67. The molecule has 0 saturated heterocycles. The van der Waals surface area contributed by atoms with E-state index in [0.29, 0.717) is 19.1 Å². The molecule has 2 aliphatic rings. The minimum absolute atomic E-state index is 0.166. The van der Waals surface area contributed by atoms with Gasteiger partial charge in [-0.1, -0.05) is 24.3 Å². The monoisotopic (exact) mass is 397 g/mol. The number of benzene rings is 1. The van der Waals surface area contributed by atoms with Gasteiger partial charge >= 0.3 is 5.97 Å². The van der Waals surface area contributed by atoms with Crippen molar-refractivity contribution in [2.45, 2.75) is 32.2 Å². The lowest BCUT2D eigenvalue weighted by Gasteiger charge is -2.41. The first-order valence-corrected chi connectivity index (χ1v) is 10.3. The number of aromatic nitrogens is 2. The number of carbonyl (C=O) groups excluding carboxylic acids is 2. The predicted molar refractivity (Wildman–Crippen MR) is 110 cm³/mol. The van der Waals surface area contributed by atoms with Gasteiger partial charge in [0.1, 0.15) is 0 Å². The molecule has 4 rings (SSSR count). The second kappa shape index (κ2) is 8.37. The number of ether oxygens (including phenoxy) is 2. The van der Waals surface area contributed by atoms with E-state index in [1.807, 2.05) is 24.3 Å². The molecule has 1 aromatic heterocycles. The van der Waals surface area contributed by atoms with Crippen molar-refractivity contribution in [2.75, 3.05) is 31.8 Å². The van der Waals surface area contributed by atoms with Crippen LogP contribution < -0.4 is 4.90 Å². The zero-order chi connectivity index (χ0) is 20.4. The first kappa shape index (κ1) is 19.6. The average molecular weight is 397 g/mol. The van der Waals surface area contributed by atoms with Crippen molar-refractivity contribution in [1.29, 1.82) is 0 Å². The van der Waals surface area contributed by atoms with Crippen LogP contribution >= 0.6 is 0 Å². The Morgan fingerprint density at radius 3 is 2.83 bits per heavy atom. The molecule has 7 heteroatoms. The normalized spacial score (nSPS) is 24.0. The van der Waals surface area contributed by atoms with Crippen LogP contribution in [-0.2, 0) is 19.1 Å². The summed E-state index contributed by atoms with van der Waals surface area (Å²) >= 11 is 0. The van der Waals surface area contributed by atoms with Crippen molar-refractivity contribution in [3.8, 4) is 0 Å². The van der Waals surface area contributed by atoms with Gasteiger partial charge in [0, 0.05) is 7.11 Å². The number of methoxy groups -OCH3 is 1. The first-order valence-electron chi connectivity index (χ1n) is 10.3. The van der Waals surface area contributed by atoms with Gasteiger partial charge in [0.15, 0.2) is 5.92 Å². The molecular formula is C22H27N3O4. The Labute approximate surface area is 170 Å². The Balaban J connectivity index is 1.90. The molecule has 1 aliphatic heterocycles. The Morgan fingerprint density at radius 1 is 1.28 bits per heavy atom. The van der Waals surface area contributed by atoms with Crippen molar-refractivity contribution in [3.05, 3.63) is 36.4 Å². The lowest BCUT2D eigenvalue weighted by atomic mass is 9.79. The summed E-state index contributed by atoms with van der Waals surface area (Å²) < 4.78 is 12.7. The van der Waals surface area contributed by atoms with Gasteiger partial charge in [-0.2, -0.15) is 0 Å². The summed E-state index contributed by atoms with van der Waals surface area (Å²) in [6.45, 7) is 2.72. The number of rotatable bonds is 6. The van der Waals surface area contributed by atoms with Gasteiger partial charge in [0.2, 0.25) is 11.9 Å². The van der Waals surface area contributed by atoms with E-state index in [0.717, 1.165) is 30.3 Å². The number of esters is 1. The molecule has 1 aliphatic carbocycles. The highest BCUT2D eigenvalue weighted by molar-refractivity contribution is 6.08. The zero-order valence-corrected chi connectivity index (χ0v) is 16.9. The molecule has 0 bridgehead atoms. The topological polar surface area (TPSA) is 73.7 Å². The summed E-state index contributed by atoms with van der Waals surface area (Å²) in [7, 11) is 1.59. The number of carbonyl (C=O) groups is 2. The van der Waals surface area contributed by atoms with Crippen LogP contribution in [0.15, 0.2) is 36.4 Å². The van der Waals surface area contributed by atoms with Crippen LogP contribution in [0.2, 0.25) is 0 Å². The molecule has 2 aromatic rings. The van der Waals surface area contributed by atoms with Crippen LogP contribution in [0.5, 0.6) is 0 Å². The van der Waals surface area contributed by atoms with Gasteiger partial charge in [0.05, 0.1) is 36.8 Å². The molecule has 2 heterocycles. The lowest BCUT2D eigenvalue weighted by Crippen LogP contribution is -2.52. The summed E-state index contributed by atoms with van der Waals surface area (Å²) in [6, 6.07) is 7.53. The van der Waals surface area contributed by atoms with Crippen molar-refractivity contribution >= 4 is 28.9 Å². The van der Waals surface area contributed by atoms with Crippen molar-refractivity contribution in [2.24, 2.45) is 11.8 Å². The number of anilines is 1. The molecule has 0 radical (unpaired) electrons. The van der Waals surface area contributed by atoms with E-state index < -0.39 is 11.9 Å². The molecule has 0 spiro atoms. The Morgan fingerprint density at radius 2 is 2.10 bits per heavy atom. The van der Waals surface area contributed by atoms with Crippen LogP contribution in [0, 0.1) is 11.8 Å². The number of para-hydroxylation sites is 2. The Bertz CT molecular complexity index is 935. The predicted octanol–water partition coefficient (Wildman–Crippen LogP) is 3.11. The molecule has 1 amide bonds. The van der Waals surface area contributed by atoms with Crippen LogP contribution in [0.4, 0.5) is 5.95 Å². The fraction of sp³-hybridized carbons (Fsp3) is 0.500. The molecule has 29 heavy (non-hydrogen) atoms.